The smallest absolute Gasteiger partial charge is 0.125 e. The minimum atomic E-state index is 0.714. The molecule has 1 rings (SSSR count). The summed E-state index contributed by atoms with van der Waals surface area (Å²) in [4.78, 5) is 0. The summed E-state index contributed by atoms with van der Waals surface area (Å²) in [5, 5.41) is 3.04. The number of nitrogens with one attached hydrogen (secondary N) is 1. The molecular formula is C14H23NO2. The monoisotopic (exact) mass is 237 g/mol. The van der Waals surface area contributed by atoms with Crippen molar-refractivity contribution in [3.63, 3.8) is 0 Å². The van der Waals surface area contributed by atoms with Crippen LogP contribution in [0.5, 0.6) is 5.75 Å². The van der Waals surface area contributed by atoms with Gasteiger partial charge in [0.1, 0.15) is 5.75 Å². The van der Waals surface area contributed by atoms with E-state index in [9.17, 15) is 0 Å². The van der Waals surface area contributed by atoms with Gasteiger partial charge in [-0.3, -0.25) is 0 Å². The first-order valence-electron chi connectivity index (χ1n) is 6.17. The zero-order valence-corrected chi connectivity index (χ0v) is 11.1. The molecule has 0 amide bonds. The molecule has 0 unspecified atom stereocenters. The lowest BCUT2D eigenvalue weighted by Gasteiger charge is -2.11. The van der Waals surface area contributed by atoms with Crippen LogP contribution in [0.1, 0.15) is 17.5 Å². The summed E-state index contributed by atoms with van der Waals surface area (Å²) in [6, 6.07) is 6.20. The van der Waals surface area contributed by atoms with Crippen molar-refractivity contribution in [2.45, 2.75) is 20.3 Å². The molecule has 0 bridgehead atoms. The van der Waals surface area contributed by atoms with Crippen molar-refractivity contribution in [3.8, 4) is 5.75 Å². The summed E-state index contributed by atoms with van der Waals surface area (Å²) in [7, 11) is 1.92. The molecule has 0 spiro atoms. The Morgan fingerprint density at radius 2 is 1.76 bits per heavy atom. The van der Waals surface area contributed by atoms with Gasteiger partial charge in [0.05, 0.1) is 13.2 Å². The Morgan fingerprint density at radius 3 is 2.41 bits per heavy atom. The molecule has 0 aromatic heterocycles. The molecule has 0 radical (unpaired) electrons. The second kappa shape index (κ2) is 8.09. The van der Waals surface area contributed by atoms with Crippen LogP contribution in [0.2, 0.25) is 0 Å². The first kappa shape index (κ1) is 14.0. The van der Waals surface area contributed by atoms with E-state index in [4.69, 9.17) is 9.47 Å². The van der Waals surface area contributed by atoms with Gasteiger partial charge in [-0.25, -0.2) is 0 Å². The number of likely N-dealkylation sites (N-methyl/N-ethyl adjacent to an activating group) is 1. The van der Waals surface area contributed by atoms with Gasteiger partial charge in [-0.1, -0.05) is 18.2 Å². The quantitative estimate of drug-likeness (QED) is 0.704. The van der Waals surface area contributed by atoms with Crippen molar-refractivity contribution in [2.24, 2.45) is 0 Å². The first-order chi connectivity index (χ1) is 8.25. The minimum Gasteiger partial charge on any atom is -0.493 e. The highest BCUT2D eigenvalue weighted by atomic mass is 16.5. The van der Waals surface area contributed by atoms with E-state index in [0.29, 0.717) is 6.61 Å². The molecule has 0 fully saturated rings. The molecule has 1 aromatic carbocycles. The van der Waals surface area contributed by atoms with Gasteiger partial charge in [0.2, 0.25) is 0 Å². The average Bonchev–Trinajstić information content (AvgIpc) is 2.31. The van der Waals surface area contributed by atoms with Crippen LogP contribution in [0.15, 0.2) is 18.2 Å². The third-order valence-corrected chi connectivity index (χ3v) is 2.58. The number of ether oxygens (including phenoxy) is 2. The van der Waals surface area contributed by atoms with Gasteiger partial charge in [0, 0.05) is 19.6 Å². The van der Waals surface area contributed by atoms with E-state index in [2.05, 4.69) is 37.4 Å². The molecule has 0 aliphatic carbocycles. The highest BCUT2D eigenvalue weighted by Crippen LogP contribution is 2.22. The Bertz CT molecular complexity index is 306. The number of benzene rings is 1. The third kappa shape index (κ3) is 5.20. The molecule has 3 nitrogen and oxygen atoms in total. The molecule has 0 heterocycles. The second-order valence-electron chi connectivity index (χ2n) is 4.14. The van der Waals surface area contributed by atoms with Crippen molar-refractivity contribution < 1.29 is 9.47 Å². The number of aryl methyl sites for hydroxylation is 2. The van der Waals surface area contributed by atoms with Gasteiger partial charge in [-0.15, -0.1) is 0 Å². The predicted molar refractivity (Wildman–Crippen MR) is 70.8 cm³/mol. The van der Waals surface area contributed by atoms with E-state index in [1.807, 2.05) is 7.05 Å². The molecule has 1 aromatic rings. The van der Waals surface area contributed by atoms with Crippen LogP contribution >= 0.6 is 0 Å². The van der Waals surface area contributed by atoms with E-state index in [-0.39, 0.29) is 0 Å². The fourth-order valence-corrected chi connectivity index (χ4v) is 1.64. The summed E-state index contributed by atoms with van der Waals surface area (Å²) in [6.45, 7) is 7.28. The van der Waals surface area contributed by atoms with Crippen molar-refractivity contribution in [2.75, 3.05) is 33.4 Å². The molecule has 17 heavy (non-hydrogen) atoms. The van der Waals surface area contributed by atoms with Crippen LogP contribution in [-0.2, 0) is 4.74 Å². The number of rotatable bonds is 8. The summed E-state index contributed by atoms with van der Waals surface area (Å²) < 4.78 is 11.2. The molecular weight excluding hydrogens is 214 g/mol. The highest BCUT2D eigenvalue weighted by molar-refractivity contribution is 5.39. The van der Waals surface area contributed by atoms with Crippen LogP contribution in [0, 0.1) is 13.8 Å². The Morgan fingerprint density at radius 1 is 1.06 bits per heavy atom. The summed E-state index contributed by atoms with van der Waals surface area (Å²) in [5.74, 6) is 1.02. The zero-order chi connectivity index (χ0) is 12.5. The molecule has 3 heteroatoms. The zero-order valence-electron chi connectivity index (χ0n) is 11.1. The normalized spacial score (nSPS) is 10.5. The fourth-order valence-electron chi connectivity index (χ4n) is 1.64. The van der Waals surface area contributed by atoms with Gasteiger partial charge < -0.3 is 14.8 Å². The highest BCUT2D eigenvalue weighted by Gasteiger charge is 2.02. The lowest BCUT2D eigenvalue weighted by atomic mass is 10.1. The van der Waals surface area contributed by atoms with Crippen LogP contribution < -0.4 is 10.1 Å². The fraction of sp³-hybridized carbons (Fsp3) is 0.571. The van der Waals surface area contributed by atoms with Gasteiger partial charge in [0.15, 0.2) is 0 Å². The molecule has 0 aliphatic heterocycles. The molecule has 0 aliphatic rings. The van der Waals surface area contributed by atoms with Gasteiger partial charge in [-0.05, 0) is 32.0 Å². The standard InChI is InChI=1S/C14H23NO2/c1-12-6-4-7-13(2)14(12)17-10-5-9-16-11-8-15-3/h4,6-7,15H,5,8-11H2,1-3H3. The Hall–Kier alpha value is -1.06. The largest absolute Gasteiger partial charge is 0.493 e. The Labute approximate surface area is 104 Å². The van der Waals surface area contributed by atoms with E-state index >= 15 is 0 Å². The maximum absolute atomic E-state index is 5.78. The Balaban J connectivity index is 2.18. The number of hydrogen-bond acceptors (Lipinski definition) is 3. The van der Waals surface area contributed by atoms with Crippen LogP contribution in [0.25, 0.3) is 0 Å². The molecule has 1 N–H and O–H groups in total. The number of hydrogen-bond donors (Lipinski definition) is 1. The van der Waals surface area contributed by atoms with Crippen molar-refractivity contribution in [3.05, 3.63) is 29.3 Å². The maximum atomic E-state index is 5.78. The van der Waals surface area contributed by atoms with E-state index in [0.717, 1.165) is 31.9 Å². The first-order valence-corrected chi connectivity index (χ1v) is 6.17. The molecule has 96 valence electrons. The maximum Gasteiger partial charge on any atom is 0.125 e. The summed E-state index contributed by atoms with van der Waals surface area (Å²) >= 11 is 0. The summed E-state index contributed by atoms with van der Waals surface area (Å²) in [6.07, 6.45) is 0.928. The minimum absolute atomic E-state index is 0.714. The average molecular weight is 237 g/mol. The second-order valence-corrected chi connectivity index (χ2v) is 4.14. The lowest BCUT2D eigenvalue weighted by molar-refractivity contribution is 0.122. The van der Waals surface area contributed by atoms with Gasteiger partial charge >= 0.3 is 0 Å². The molecule has 0 atom stereocenters. The third-order valence-electron chi connectivity index (χ3n) is 2.58. The van der Waals surface area contributed by atoms with Gasteiger partial charge in [-0.2, -0.15) is 0 Å². The van der Waals surface area contributed by atoms with E-state index in [1.165, 1.54) is 11.1 Å². The number of para-hydroxylation sites is 1. The van der Waals surface area contributed by atoms with Crippen molar-refractivity contribution in [1.82, 2.24) is 5.32 Å². The molecule has 0 saturated carbocycles. The molecule has 0 saturated heterocycles. The van der Waals surface area contributed by atoms with Crippen molar-refractivity contribution in [1.29, 1.82) is 0 Å². The van der Waals surface area contributed by atoms with Crippen LogP contribution in [-0.4, -0.2) is 33.4 Å². The lowest BCUT2D eigenvalue weighted by Crippen LogP contribution is -2.15. The topological polar surface area (TPSA) is 30.5 Å². The van der Waals surface area contributed by atoms with Crippen molar-refractivity contribution >= 4 is 0 Å². The Kier molecular flexibility index (Phi) is 6.67. The van der Waals surface area contributed by atoms with E-state index in [1.54, 1.807) is 0 Å². The van der Waals surface area contributed by atoms with Crippen LogP contribution in [0.3, 0.4) is 0 Å². The van der Waals surface area contributed by atoms with E-state index < -0.39 is 0 Å². The summed E-state index contributed by atoms with van der Waals surface area (Å²) in [5.41, 5.74) is 2.39. The SMILES string of the molecule is CNCCOCCCOc1c(C)cccc1C. The predicted octanol–water partition coefficient (Wildman–Crippen LogP) is 2.31. The van der Waals surface area contributed by atoms with Gasteiger partial charge in [0.25, 0.3) is 0 Å². The van der Waals surface area contributed by atoms with Crippen LogP contribution in [0.4, 0.5) is 0 Å².